The van der Waals surface area contributed by atoms with E-state index in [9.17, 15) is 0 Å². The maximum atomic E-state index is 5.88. The predicted molar refractivity (Wildman–Crippen MR) is 82.8 cm³/mol. The van der Waals surface area contributed by atoms with Crippen LogP contribution in [0.4, 0.5) is 0 Å². The molecule has 0 fully saturated rings. The van der Waals surface area contributed by atoms with Gasteiger partial charge < -0.3 is 9.47 Å². The molecular formula is C16H19BrO2. The molecule has 0 unspecified atom stereocenters. The summed E-state index contributed by atoms with van der Waals surface area (Å²) in [6, 6.07) is 10.0. The summed E-state index contributed by atoms with van der Waals surface area (Å²) in [7, 11) is 1.62. The molecule has 0 amide bonds. The Bertz CT molecular complexity index is 461. The van der Waals surface area contributed by atoms with E-state index in [4.69, 9.17) is 9.47 Å². The summed E-state index contributed by atoms with van der Waals surface area (Å²) >= 11 is 3.53. The highest BCUT2D eigenvalue weighted by molar-refractivity contribution is 9.11. The third-order valence-electron chi connectivity index (χ3n) is 2.50. The number of rotatable bonds is 7. The van der Waals surface area contributed by atoms with Crippen molar-refractivity contribution in [3.8, 4) is 0 Å². The van der Waals surface area contributed by atoms with Gasteiger partial charge in [0.25, 0.3) is 0 Å². The van der Waals surface area contributed by atoms with E-state index < -0.39 is 0 Å². The Labute approximate surface area is 123 Å². The van der Waals surface area contributed by atoms with Crippen LogP contribution in [0.3, 0.4) is 0 Å². The average Bonchev–Trinajstić information content (AvgIpc) is 2.46. The molecule has 0 heterocycles. The lowest BCUT2D eigenvalue weighted by atomic mass is 10.2. The highest BCUT2D eigenvalue weighted by Crippen LogP contribution is 2.25. The Hall–Kier alpha value is -1.48. The van der Waals surface area contributed by atoms with Crippen molar-refractivity contribution < 1.29 is 9.47 Å². The van der Waals surface area contributed by atoms with Crippen LogP contribution >= 0.6 is 15.9 Å². The molecule has 2 nitrogen and oxygen atoms in total. The summed E-state index contributed by atoms with van der Waals surface area (Å²) in [5.74, 6) is 1.38. The van der Waals surface area contributed by atoms with Crippen molar-refractivity contribution in [3.63, 3.8) is 0 Å². The first kappa shape index (κ1) is 15.6. The maximum absolute atomic E-state index is 5.88. The Kier molecular flexibility index (Phi) is 7.04. The van der Waals surface area contributed by atoms with E-state index in [-0.39, 0.29) is 0 Å². The molecule has 0 aliphatic carbocycles. The molecule has 0 radical (unpaired) electrons. The van der Waals surface area contributed by atoms with E-state index in [1.807, 2.05) is 30.3 Å². The van der Waals surface area contributed by atoms with E-state index in [0.29, 0.717) is 18.1 Å². The van der Waals surface area contributed by atoms with Crippen molar-refractivity contribution in [2.75, 3.05) is 7.11 Å². The van der Waals surface area contributed by atoms with E-state index in [0.717, 1.165) is 16.5 Å². The van der Waals surface area contributed by atoms with Crippen molar-refractivity contribution in [3.05, 3.63) is 70.6 Å². The van der Waals surface area contributed by atoms with E-state index in [2.05, 4.69) is 29.4 Å². The summed E-state index contributed by atoms with van der Waals surface area (Å²) in [6.07, 6.45) is 4.31. The topological polar surface area (TPSA) is 18.5 Å². The summed E-state index contributed by atoms with van der Waals surface area (Å²) in [4.78, 5) is 0. The first-order valence-corrected chi connectivity index (χ1v) is 6.94. The molecule has 0 saturated heterocycles. The second-order valence-corrected chi connectivity index (χ2v) is 4.79. The van der Waals surface area contributed by atoms with Crippen molar-refractivity contribution >= 4 is 15.9 Å². The van der Waals surface area contributed by atoms with Gasteiger partial charge >= 0.3 is 0 Å². The van der Waals surface area contributed by atoms with Crippen molar-refractivity contribution in [2.24, 2.45) is 0 Å². The monoisotopic (exact) mass is 322 g/mol. The summed E-state index contributed by atoms with van der Waals surface area (Å²) < 4.78 is 12.2. The molecule has 0 N–H and O–H groups in total. The van der Waals surface area contributed by atoms with Gasteiger partial charge in [0.2, 0.25) is 0 Å². The highest BCUT2D eigenvalue weighted by Gasteiger charge is 2.11. The molecule has 1 rings (SSSR count). The number of benzene rings is 1. The molecule has 1 aromatic carbocycles. The number of ether oxygens (including phenoxy) is 2. The van der Waals surface area contributed by atoms with Crippen LogP contribution in [0, 0.1) is 0 Å². The summed E-state index contributed by atoms with van der Waals surface area (Å²) in [6.45, 7) is 6.24. The van der Waals surface area contributed by atoms with Gasteiger partial charge in [0.1, 0.15) is 6.61 Å². The van der Waals surface area contributed by atoms with Crippen LogP contribution in [0.1, 0.15) is 18.9 Å². The maximum Gasteiger partial charge on any atom is 0.171 e. The number of halogens is 1. The van der Waals surface area contributed by atoms with Crippen LogP contribution in [0.2, 0.25) is 0 Å². The molecule has 0 atom stereocenters. The van der Waals surface area contributed by atoms with E-state index >= 15 is 0 Å². The fourth-order valence-corrected chi connectivity index (χ4v) is 1.83. The fourth-order valence-electron chi connectivity index (χ4n) is 1.52. The third-order valence-corrected chi connectivity index (χ3v) is 3.42. The number of hydrogen-bond donors (Lipinski definition) is 0. The molecule has 1 aromatic rings. The molecule has 102 valence electrons. The SMILES string of the molecule is C=C/C=C(OC)\C(OCc1ccccc1)=C(\Br)CC. The zero-order valence-corrected chi connectivity index (χ0v) is 12.9. The quantitative estimate of drug-likeness (QED) is 0.523. The lowest BCUT2D eigenvalue weighted by molar-refractivity contribution is 0.164. The van der Waals surface area contributed by atoms with Crippen LogP contribution in [0.25, 0.3) is 0 Å². The van der Waals surface area contributed by atoms with Crippen LogP contribution in [-0.4, -0.2) is 7.11 Å². The second-order valence-electron chi connectivity index (χ2n) is 3.83. The number of hydrogen-bond acceptors (Lipinski definition) is 2. The molecule has 0 aromatic heterocycles. The average molecular weight is 323 g/mol. The molecule has 0 spiro atoms. The molecule has 0 bridgehead atoms. The molecule has 3 heteroatoms. The van der Waals surface area contributed by atoms with Gasteiger partial charge in [0.05, 0.1) is 7.11 Å². The van der Waals surface area contributed by atoms with Crippen LogP contribution < -0.4 is 0 Å². The largest absolute Gasteiger partial charge is 0.493 e. The minimum absolute atomic E-state index is 0.503. The van der Waals surface area contributed by atoms with Gasteiger partial charge in [0, 0.05) is 4.48 Å². The van der Waals surface area contributed by atoms with Crippen molar-refractivity contribution in [2.45, 2.75) is 20.0 Å². The molecule has 0 aliphatic heterocycles. The minimum Gasteiger partial charge on any atom is -0.493 e. The number of methoxy groups -OCH3 is 1. The van der Waals surface area contributed by atoms with Crippen LogP contribution in [0.15, 0.2) is 65.1 Å². The second kappa shape index (κ2) is 8.59. The smallest absolute Gasteiger partial charge is 0.171 e. The number of allylic oxidation sites excluding steroid dienone is 3. The lowest BCUT2D eigenvalue weighted by Gasteiger charge is -2.15. The molecule has 0 saturated carbocycles. The third kappa shape index (κ3) is 4.95. The van der Waals surface area contributed by atoms with Crippen LogP contribution in [-0.2, 0) is 16.1 Å². The normalized spacial score (nSPS) is 12.7. The summed E-state index contributed by atoms with van der Waals surface area (Å²) in [5.41, 5.74) is 1.12. The molecule has 0 aliphatic rings. The van der Waals surface area contributed by atoms with E-state index in [1.54, 1.807) is 19.3 Å². The van der Waals surface area contributed by atoms with Gasteiger partial charge in [-0.15, -0.1) is 0 Å². The Morgan fingerprint density at radius 3 is 2.53 bits per heavy atom. The molecule has 19 heavy (non-hydrogen) atoms. The van der Waals surface area contributed by atoms with Gasteiger partial charge in [-0.05, 0) is 18.1 Å². The standard InChI is InChI=1S/C16H19BrO2/c1-4-9-15(18-3)16(14(17)5-2)19-12-13-10-7-6-8-11-13/h4,6-11H,1,5,12H2,2-3H3/b15-9+,16-14-. The Balaban J connectivity index is 2.88. The first-order valence-electron chi connectivity index (χ1n) is 6.15. The first-order chi connectivity index (χ1) is 9.22. The Morgan fingerprint density at radius 2 is 2.00 bits per heavy atom. The van der Waals surface area contributed by atoms with Crippen molar-refractivity contribution in [1.82, 2.24) is 0 Å². The van der Waals surface area contributed by atoms with Gasteiger partial charge in [-0.25, -0.2) is 0 Å². The van der Waals surface area contributed by atoms with Crippen molar-refractivity contribution in [1.29, 1.82) is 0 Å². The van der Waals surface area contributed by atoms with Gasteiger partial charge in [-0.2, -0.15) is 0 Å². The minimum atomic E-state index is 0.503. The van der Waals surface area contributed by atoms with E-state index in [1.165, 1.54) is 0 Å². The zero-order valence-electron chi connectivity index (χ0n) is 11.4. The lowest BCUT2D eigenvalue weighted by Crippen LogP contribution is -2.01. The highest BCUT2D eigenvalue weighted by atomic mass is 79.9. The van der Waals surface area contributed by atoms with Gasteiger partial charge in [0.15, 0.2) is 11.5 Å². The van der Waals surface area contributed by atoms with Gasteiger partial charge in [-0.3, -0.25) is 0 Å². The van der Waals surface area contributed by atoms with Gasteiger partial charge in [-0.1, -0.05) is 65.8 Å². The predicted octanol–water partition coefficient (Wildman–Crippen LogP) is 4.94. The zero-order chi connectivity index (χ0) is 14.1. The fraction of sp³-hybridized carbons (Fsp3) is 0.250. The molecular weight excluding hydrogens is 304 g/mol. The van der Waals surface area contributed by atoms with Crippen LogP contribution in [0.5, 0.6) is 0 Å². The summed E-state index contributed by atoms with van der Waals surface area (Å²) in [5, 5.41) is 0. The Morgan fingerprint density at radius 1 is 1.32 bits per heavy atom.